The Morgan fingerprint density at radius 2 is 2.05 bits per heavy atom. The lowest BCUT2D eigenvalue weighted by Gasteiger charge is -2.11. The van der Waals surface area contributed by atoms with Gasteiger partial charge in [0.25, 0.3) is 0 Å². The lowest BCUT2D eigenvalue weighted by molar-refractivity contribution is 0.195. The number of nitrogens with zero attached hydrogens (tertiary/aromatic N) is 3. The largest absolute Gasteiger partial charge is 0.392 e. The molecule has 1 aromatic carbocycles. The monoisotopic (exact) mass is 310 g/mol. The van der Waals surface area contributed by atoms with Crippen molar-refractivity contribution in [2.24, 2.45) is 5.73 Å². The Labute approximate surface area is 127 Å². The summed E-state index contributed by atoms with van der Waals surface area (Å²) in [5, 5.41) is 18.7. The highest BCUT2D eigenvalue weighted by molar-refractivity contribution is 7.99. The van der Waals surface area contributed by atoms with Crippen LogP contribution in [0.4, 0.5) is 4.39 Å². The fourth-order valence-corrected chi connectivity index (χ4v) is 2.84. The molecule has 1 heterocycles. The molecule has 0 spiro atoms. The van der Waals surface area contributed by atoms with E-state index in [0.29, 0.717) is 30.3 Å². The van der Waals surface area contributed by atoms with Gasteiger partial charge in [-0.3, -0.25) is 4.57 Å². The van der Waals surface area contributed by atoms with Crippen LogP contribution in [0.1, 0.15) is 19.2 Å². The molecular formula is C14H19FN4OS. The third-order valence-electron chi connectivity index (χ3n) is 3.03. The predicted octanol–water partition coefficient (Wildman–Crippen LogP) is 1.77. The zero-order valence-electron chi connectivity index (χ0n) is 11.9. The van der Waals surface area contributed by atoms with Gasteiger partial charge in [-0.15, -0.1) is 10.2 Å². The minimum atomic E-state index is -0.383. The Morgan fingerprint density at radius 1 is 1.33 bits per heavy atom. The molecule has 0 bridgehead atoms. The van der Waals surface area contributed by atoms with Crippen LogP contribution in [0, 0.1) is 5.82 Å². The number of hydrogen-bond donors (Lipinski definition) is 2. The van der Waals surface area contributed by atoms with Crippen molar-refractivity contribution in [2.45, 2.75) is 31.0 Å². The Hall–Kier alpha value is -1.44. The van der Waals surface area contributed by atoms with Gasteiger partial charge in [0.1, 0.15) is 11.6 Å². The average molecular weight is 310 g/mol. The molecule has 0 saturated carbocycles. The van der Waals surface area contributed by atoms with Gasteiger partial charge in [0.05, 0.1) is 6.10 Å². The predicted molar refractivity (Wildman–Crippen MR) is 81.1 cm³/mol. The van der Waals surface area contributed by atoms with Crippen molar-refractivity contribution in [2.75, 3.05) is 12.3 Å². The fraction of sp³-hybridized carbons (Fsp3) is 0.429. The molecule has 0 fully saturated rings. The van der Waals surface area contributed by atoms with E-state index in [4.69, 9.17) is 5.73 Å². The molecule has 0 amide bonds. The standard InChI is InChI=1S/C14H19FN4OS/c1-2-12(20)9-21-14-18-17-13(7-8-16)19(14)11-5-3-10(15)4-6-11/h3-6,12,20H,2,7-9,16H2,1H3/t12-/m0/s1. The van der Waals surface area contributed by atoms with Gasteiger partial charge in [0.15, 0.2) is 5.16 Å². The van der Waals surface area contributed by atoms with Crippen molar-refractivity contribution >= 4 is 11.8 Å². The first-order valence-corrected chi connectivity index (χ1v) is 7.85. The Kier molecular flexibility index (Phi) is 5.72. The lowest BCUT2D eigenvalue weighted by atomic mass is 10.3. The van der Waals surface area contributed by atoms with Gasteiger partial charge in [-0.25, -0.2) is 4.39 Å². The summed E-state index contributed by atoms with van der Waals surface area (Å²) < 4.78 is 14.9. The van der Waals surface area contributed by atoms with Crippen molar-refractivity contribution in [1.29, 1.82) is 0 Å². The van der Waals surface area contributed by atoms with Gasteiger partial charge in [-0.05, 0) is 37.2 Å². The van der Waals surface area contributed by atoms with Crippen LogP contribution in [0.25, 0.3) is 5.69 Å². The summed E-state index contributed by atoms with van der Waals surface area (Å²) in [6.45, 7) is 2.39. The van der Waals surface area contributed by atoms with Crippen molar-refractivity contribution in [3.05, 3.63) is 35.9 Å². The summed E-state index contributed by atoms with van der Waals surface area (Å²) >= 11 is 1.43. The van der Waals surface area contributed by atoms with E-state index in [1.807, 2.05) is 11.5 Å². The summed E-state index contributed by atoms with van der Waals surface area (Å²) in [6.07, 6.45) is 0.889. The second-order valence-electron chi connectivity index (χ2n) is 4.62. The Morgan fingerprint density at radius 3 is 2.67 bits per heavy atom. The molecule has 5 nitrogen and oxygen atoms in total. The van der Waals surface area contributed by atoms with Crippen LogP contribution in [0.2, 0.25) is 0 Å². The Bertz CT molecular complexity index is 573. The van der Waals surface area contributed by atoms with E-state index in [0.717, 1.165) is 11.5 Å². The zero-order valence-corrected chi connectivity index (χ0v) is 12.7. The molecule has 2 aromatic rings. The SMILES string of the molecule is CC[C@H](O)CSc1nnc(CCN)n1-c1ccc(F)cc1. The van der Waals surface area contributed by atoms with Crippen molar-refractivity contribution < 1.29 is 9.50 Å². The van der Waals surface area contributed by atoms with Crippen molar-refractivity contribution in [3.8, 4) is 5.69 Å². The van der Waals surface area contributed by atoms with Gasteiger partial charge in [-0.2, -0.15) is 0 Å². The number of nitrogens with two attached hydrogens (primary N) is 1. The molecule has 114 valence electrons. The number of rotatable bonds is 7. The molecule has 0 radical (unpaired) electrons. The molecule has 1 aromatic heterocycles. The van der Waals surface area contributed by atoms with E-state index in [-0.39, 0.29) is 11.9 Å². The number of halogens is 1. The number of aliphatic hydroxyl groups is 1. The Balaban J connectivity index is 2.30. The highest BCUT2D eigenvalue weighted by atomic mass is 32.2. The van der Waals surface area contributed by atoms with Gasteiger partial charge in [0, 0.05) is 17.9 Å². The maximum absolute atomic E-state index is 13.1. The normalized spacial score (nSPS) is 12.6. The molecule has 0 aliphatic carbocycles. The molecule has 0 aliphatic rings. The van der Waals surface area contributed by atoms with Gasteiger partial charge >= 0.3 is 0 Å². The summed E-state index contributed by atoms with van der Waals surface area (Å²) in [5.74, 6) is 0.985. The number of aromatic nitrogens is 3. The molecule has 0 unspecified atom stereocenters. The zero-order chi connectivity index (χ0) is 15.2. The lowest BCUT2D eigenvalue weighted by Crippen LogP contribution is -2.11. The molecule has 2 rings (SSSR count). The molecule has 0 saturated heterocycles. The first kappa shape index (κ1) is 15.9. The molecule has 7 heteroatoms. The number of benzene rings is 1. The number of hydrogen-bond acceptors (Lipinski definition) is 5. The minimum absolute atomic E-state index is 0.289. The van der Waals surface area contributed by atoms with Crippen molar-refractivity contribution in [1.82, 2.24) is 14.8 Å². The minimum Gasteiger partial charge on any atom is -0.392 e. The molecule has 0 aliphatic heterocycles. The van der Waals surface area contributed by atoms with Gasteiger partial charge in [0.2, 0.25) is 0 Å². The second kappa shape index (κ2) is 7.53. The smallest absolute Gasteiger partial charge is 0.195 e. The van der Waals surface area contributed by atoms with Gasteiger partial charge in [-0.1, -0.05) is 18.7 Å². The van der Waals surface area contributed by atoms with E-state index in [1.54, 1.807) is 12.1 Å². The highest BCUT2D eigenvalue weighted by Crippen LogP contribution is 2.23. The first-order chi connectivity index (χ1) is 10.2. The topological polar surface area (TPSA) is 77.0 Å². The summed E-state index contributed by atoms with van der Waals surface area (Å²) in [4.78, 5) is 0. The molecule has 3 N–H and O–H groups in total. The third kappa shape index (κ3) is 4.03. The summed E-state index contributed by atoms with van der Waals surface area (Å²) in [6, 6.07) is 6.16. The van der Waals surface area contributed by atoms with Crippen LogP contribution in [0.3, 0.4) is 0 Å². The van der Waals surface area contributed by atoms with Crippen LogP contribution in [-0.4, -0.2) is 38.3 Å². The maximum Gasteiger partial charge on any atom is 0.195 e. The first-order valence-electron chi connectivity index (χ1n) is 6.86. The van der Waals surface area contributed by atoms with Crippen molar-refractivity contribution in [3.63, 3.8) is 0 Å². The van der Waals surface area contributed by atoms with Crippen LogP contribution < -0.4 is 5.73 Å². The summed E-state index contributed by atoms with van der Waals surface area (Å²) in [5.41, 5.74) is 6.39. The average Bonchev–Trinajstić information content (AvgIpc) is 2.89. The van der Waals surface area contributed by atoms with E-state index < -0.39 is 0 Å². The van der Waals surface area contributed by atoms with E-state index >= 15 is 0 Å². The quantitative estimate of drug-likeness (QED) is 0.762. The molecular weight excluding hydrogens is 291 g/mol. The fourth-order valence-electron chi connectivity index (χ4n) is 1.82. The second-order valence-corrected chi connectivity index (χ2v) is 5.61. The van der Waals surface area contributed by atoms with Crippen LogP contribution in [-0.2, 0) is 6.42 Å². The van der Waals surface area contributed by atoms with Gasteiger partial charge < -0.3 is 10.8 Å². The summed E-state index contributed by atoms with van der Waals surface area (Å²) in [7, 11) is 0. The molecule has 21 heavy (non-hydrogen) atoms. The van der Waals surface area contributed by atoms with E-state index in [1.165, 1.54) is 23.9 Å². The van der Waals surface area contributed by atoms with Crippen LogP contribution >= 0.6 is 11.8 Å². The van der Waals surface area contributed by atoms with E-state index in [9.17, 15) is 9.50 Å². The maximum atomic E-state index is 13.1. The highest BCUT2D eigenvalue weighted by Gasteiger charge is 2.15. The molecule has 1 atom stereocenters. The van der Waals surface area contributed by atoms with Crippen LogP contribution in [0.5, 0.6) is 0 Å². The van der Waals surface area contributed by atoms with E-state index in [2.05, 4.69) is 10.2 Å². The van der Waals surface area contributed by atoms with Crippen LogP contribution in [0.15, 0.2) is 29.4 Å². The number of thioether (sulfide) groups is 1. The number of aliphatic hydroxyl groups excluding tert-OH is 1. The third-order valence-corrected chi connectivity index (χ3v) is 4.10.